The highest BCUT2D eigenvalue weighted by Crippen LogP contribution is 2.20. The summed E-state index contributed by atoms with van der Waals surface area (Å²) in [6.07, 6.45) is 2.03. The van der Waals surface area contributed by atoms with Gasteiger partial charge >= 0.3 is 0 Å². The van der Waals surface area contributed by atoms with E-state index in [0.29, 0.717) is 13.1 Å². The number of guanidine groups is 1. The fourth-order valence-corrected chi connectivity index (χ4v) is 2.59. The highest BCUT2D eigenvalue weighted by Gasteiger charge is 2.24. The molecule has 1 rings (SSSR count). The van der Waals surface area contributed by atoms with Crippen molar-refractivity contribution in [2.45, 2.75) is 47.3 Å². The molecule has 6 heteroatoms. The van der Waals surface area contributed by atoms with Gasteiger partial charge in [-0.15, -0.1) is 0 Å². The molecule has 0 bridgehead atoms. The summed E-state index contributed by atoms with van der Waals surface area (Å²) in [6, 6.07) is 4.18. The Labute approximate surface area is 153 Å². The van der Waals surface area contributed by atoms with Crippen molar-refractivity contribution in [3.63, 3.8) is 0 Å². The van der Waals surface area contributed by atoms with Crippen LogP contribution in [0.5, 0.6) is 0 Å². The minimum Gasteiger partial charge on any atom is -0.379 e. The van der Waals surface area contributed by atoms with Crippen molar-refractivity contribution in [3.8, 4) is 0 Å². The van der Waals surface area contributed by atoms with Gasteiger partial charge in [-0.1, -0.05) is 26.8 Å². The van der Waals surface area contributed by atoms with Crippen LogP contribution in [0.3, 0.4) is 0 Å². The molecule has 142 valence electrons. The number of hydrogen-bond acceptors (Lipinski definition) is 4. The number of nitrogens with one attached hydrogen (secondary N) is 2. The molecule has 0 spiro atoms. The van der Waals surface area contributed by atoms with Crippen LogP contribution in [0.15, 0.2) is 23.3 Å². The largest absolute Gasteiger partial charge is 0.379 e. The number of ether oxygens (including phenoxy) is 1. The first-order valence-corrected chi connectivity index (χ1v) is 9.02. The maximum atomic E-state index is 5.57. The normalized spacial score (nSPS) is 13.5. The fraction of sp³-hybridized carbons (Fsp3) is 0.684. The molecule has 0 saturated carbocycles. The van der Waals surface area contributed by atoms with Crippen molar-refractivity contribution in [3.05, 3.63) is 23.9 Å². The zero-order chi connectivity index (χ0) is 18.9. The summed E-state index contributed by atoms with van der Waals surface area (Å²) in [6.45, 7) is 14.1. The average Bonchev–Trinajstić information content (AvgIpc) is 2.59. The molecule has 0 aliphatic carbocycles. The Morgan fingerprint density at radius 1 is 1.24 bits per heavy atom. The van der Waals surface area contributed by atoms with Crippen LogP contribution in [-0.4, -0.2) is 50.8 Å². The Morgan fingerprint density at radius 2 is 1.92 bits per heavy atom. The number of hydrogen-bond donors (Lipinski definition) is 2. The highest BCUT2D eigenvalue weighted by molar-refractivity contribution is 5.79. The van der Waals surface area contributed by atoms with E-state index in [4.69, 9.17) is 4.74 Å². The molecular weight excluding hydrogens is 314 g/mol. The van der Waals surface area contributed by atoms with Crippen molar-refractivity contribution in [2.24, 2.45) is 10.4 Å². The SMILES string of the molecule is CCN(CC)c1ccc(CNC(=NC)NCC(OC)C(C)(C)C)cn1. The molecule has 1 atom stereocenters. The molecule has 1 aromatic rings. The quantitative estimate of drug-likeness (QED) is 0.558. The summed E-state index contributed by atoms with van der Waals surface area (Å²) in [5.74, 6) is 1.78. The minimum absolute atomic E-state index is 0.0742. The molecule has 0 aliphatic heterocycles. The number of nitrogens with zero attached hydrogens (tertiary/aromatic N) is 3. The van der Waals surface area contributed by atoms with E-state index in [0.717, 1.165) is 30.4 Å². The van der Waals surface area contributed by atoms with Gasteiger partial charge in [0.05, 0.1) is 6.10 Å². The topological polar surface area (TPSA) is 61.8 Å². The molecule has 0 amide bonds. The van der Waals surface area contributed by atoms with E-state index in [9.17, 15) is 0 Å². The van der Waals surface area contributed by atoms with Gasteiger partial charge in [0.15, 0.2) is 5.96 Å². The lowest BCUT2D eigenvalue weighted by molar-refractivity contribution is 0.0205. The number of anilines is 1. The van der Waals surface area contributed by atoms with E-state index in [1.165, 1.54) is 0 Å². The van der Waals surface area contributed by atoms with E-state index in [1.54, 1.807) is 14.2 Å². The van der Waals surface area contributed by atoms with Crippen LogP contribution in [0.4, 0.5) is 5.82 Å². The summed E-state index contributed by atoms with van der Waals surface area (Å²) >= 11 is 0. The molecule has 0 aliphatic rings. The van der Waals surface area contributed by atoms with Crippen LogP contribution < -0.4 is 15.5 Å². The number of aromatic nitrogens is 1. The molecular formula is C19H35N5O. The maximum absolute atomic E-state index is 5.57. The van der Waals surface area contributed by atoms with Gasteiger partial charge in [-0.2, -0.15) is 0 Å². The van der Waals surface area contributed by atoms with Crippen LogP contribution in [0.25, 0.3) is 0 Å². The van der Waals surface area contributed by atoms with Crippen molar-refractivity contribution < 1.29 is 4.74 Å². The Kier molecular flexibility index (Phi) is 8.69. The van der Waals surface area contributed by atoms with Crippen molar-refractivity contribution in [1.82, 2.24) is 15.6 Å². The summed E-state index contributed by atoms with van der Waals surface area (Å²) in [5, 5.41) is 6.65. The monoisotopic (exact) mass is 349 g/mol. The van der Waals surface area contributed by atoms with E-state index in [1.807, 2.05) is 6.20 Å². The van der Waals surface area contributed by atoms with Gasteiger partial charge in [-0.3, -0.25) is 4.99 Å². The van der Waals surface area contributed by atoms with Crippen LogP contribution in [0.1, 0.15) is 40.2 Å². The third-order valence-corrected chi connectivity index (χ3v) is 4.29. The van der Waals surface area contributed by atoms with Gasteiger partial charge < -0.3 is 20.3 Å². The first-order valence-electron chi connectivity index (χ1n) is 9.02. The second-order valence-corrected chi connectivity index (χ2v) is 7.09. The zero-order valence-corrected chi connectivity index (χ0v) is 16.9. The molecule has 2 N–H and O–H groups in total. The first kappa shape index (κ1) is 21.2. The fourth-order valence-electron chi connectivity index (χ4n) is 2.59. The average molecular weight is 350 g/mol. The molecule has 0 fully saturated rings. The smallest absolute Gasteiger partial charge is 0.191 e. The van der Waals surface area contributed by atoms with Gasteiger partial charge in [0.2, 0.25) is 0 Å². The minimum atomic E-state index is 0.0742. The predicted octanol–water partition coefficient (Wildman–Crippen LogP) is 2.65. The van der Waals surface area contributed by atoms with Crippen LogP contribution in [0.2, 0.25) is 0 Å². The highest BCUT2D eigenvalue weighted by atomic mass is 16.5. The molecule has 25 heavy (non-hydrogen) atoms. The standard InChI is InChI=1S/C19H35N5O/c1-8-24(9-2)17-11-10-15(12-21-17)13-22-18(20-6)23-14-16(25-7)19(3,4)5/h10-12,16H,8-9,13-14H2,1-7H3,(H2,20,22,23). The van der Waals surface area contributed by atoms with Gasteiger partial charge in [0, 0.05) is 46.5 Å². The molecule has 0 radical (unpaired) electrons. The van der Waals surface area contributed by atoms with E-state index < -0.39 is 0 Å². The Hall–Kier alpha value is -1.82. The third kappa shape index (κ3) is 6.90. The van der Waals surface area contributed by atoms with Crippen molar-refractivity contribution >= 4 is 11.8 Å². The molecule has 1 heterocycles. The van der Waals surface area contributed by atoms with Crippen molar-refractivity contribution in [1.29, 1.82) is 0 Å². The zero-order valence-electron chi connectivity index (χ0n) is 16.9. The van der Waals surface area contributed by atoms with Gasteiger partial charge in [0.25, 0.3) is 0 Å². The number of methoxy groups -OCH3 is 1. The van der Waals surface area contributed by atoms with E-state index in [-0.39, 0.29) is 11.5 Å². The van der Waals surface area contributed by atoms with Crippen LogP contribution in [0, 0.1) is 5.41 Å². The lowest BCUT2D eigenvalue weighted by Crippen LogP contribution is -2.45. The van der Waals surface area contributed by atoms with Gasteiger partial charge in [0.1, 0.15) is 5.82 Å². The molecule has 0 aromatic carbocycles. The van der Waals surface area contributed by atoms with Crippen LogP contribution in [-0.2, 0) is 11.3 Å². The van der Waals surface area contributed by atoms with Crippen molar-refractivity contribution in [2.75, 3.05) is 38.7 Å². The maximum Gasteiger partial charge on any atom is 0.191 e. The Morgan fingerprint density at radius 3 is 2.36 bits per heavy atom. The lowest BCUT2D eigenvalue weighted by atomic mass is 9.89. The molecule has 6 nitrogen and oxygen atoms in total. The van der Waals surface area contributed by atoms with E-state index in [2.05, 4.69) is 72.3 Å². The number of aliphatic imine (C=N–C) groups is 1. The summed E-state index contributed by atoms with van der Waals surface area (Å²) in [4.78, 5) is 11.1. The molecule has 0 saturated heterocycles. The Bertz CT molecular complexity index is 518. The second-order valence-electron chi connectivity index (χ2n) is 7.09. The van der Waals surface area contributed by atoms with Gasteiger partial charge in [-0.05, 0) is 30.9 Å². The van der Waals surface area contributed by atoms with Gasteiger partial charge in [-0.25, -0.2) is 4.98 Å². The first-order chi connectivity index (χ1) is 11.8. The number of rotatable bonds is 8. The predicted molar refractivity (Wildman–Crippen MR) is 106 cm³/mol. The summed E-state index contributed by atoms with van der Waals surface area (Å²) in [7, 11) is 3.52. The third-order valence-electron chi connectivity index (χ3n) is 4.29. The molecule has 1 unspecified atom stereocenters. The number of pyridine rings is 1. The second kappa shape index (κ2) is 10.2. The van der Waals surface area contributed by atoms with E-state index >= 15 is 0 Å². The Balaban J connectivity index is 2.55. The van der Waals surface area contributed by atoms with Crippen LogP contribution >= 0.6 is 0 Å². The molecule has 1 aromatic heterocycles. The summed E-state index contributed by atoms with van der Waals surface area (Å²) in [5.41, 5.74) is 1.20. The lowest BCUT2D eigenvalue weighted by Gasteiger charge is -2.30. The summed E-state index contributed by atoms with van der Waals surface area (Å²) < 4.78 is 5.57.